The second-order valence-electron chi connectivity index (χ2n) is 3.46. The fourth-order valence-electron chi connectivity index (χ4n) is 1.32. The lowest BCUT2D eigenvalue weighted by Crippen LogP contribution is -2.28. The average molecular weight is 264 g/mol. The van der Waals surface area contributed by atoms with Gasteiger partial charge in [-0.1, -0.05) is 13.0 Å². The van der Waals surface area contributed by atoms with Crippen molar-refractivity contribution in [3.63, 3.8) is 0 Å². The number of rotatable bonds is 5. The summed E-state index contributed by atoms with van der Waals surface area (Å²) < 4.78 is 48.8. The molecule has 0 heterocycles. The third kappa shape index (κ3) is 3.64. The molecule has 0 aromatic heterocycles. The fourth-order valence-corrected chi connectivity index (χ4v) is 2.36. The van der Waals surface area contributed by atoms with E-state index in [4.69, 9.17) is 5.73 Å². The minimum Gasteiger partial charge on any atom is -0.398 e. The first-order chi connectivity index (χ1) is 7.86. The Balaban J connectivity index is 2.96. The molecule has 0 fully saturated rings. The van der Waals surface area contributed by atoms with E-state index >= 15 is 0 Å². The highest BCUT2D eigenvalue weighted by molar-refractivity contribution is 7.89. The summed E-state index contributed by atoms with van der Waals surface area (Å²) in [6.45, 7) is 0.979. The summed E-state index contributed by atoms with van der Waals surface area (Å²) in [5.41, 5.74) is 6.80. The van der Waals surface area contributed by atoms with E-state index in [1.54, 1.807) is 10.8 Å². The van der Waals surface area contributed by atoms with Crippen LogP contribution in [0.3, 0.4) is 0 Å². The number of hydrogen-bond acceptors (Lipinski definition) is 3. The van der Waals surface area contributed by atoms with Gasteiger partial charge in [-0.2, -0.15) is 0 Å². The Hall–Kier alpha value is -1.21. The summed E-state index contributed by atoms with van der Waals surface area (Å²) >= 11 is 0. The van der Waals surface area contributed by atoms with Gasteiger partial charge in [-0.25, -0.2) is 21.9 Å². The largest absolute Gasteiger partial charge is 0.398 e. The van der Waals surface area contributed by atoms with Crippen LogP contribution < -0.4 is 10.5 Å². The third-order valence-corrected chi connectivity index (χ3v) is 3.66. The van der Waals surface area contributed by atoms with Gasteiger partial charge in [-0.3, -0.25) is 0 Å². The fraction of sp³-hybridized carbons (Fsp3) is 0.400. The Morgan fingerprint density at radius 2 is 2.06 bits per heavy atom. The highest BCUT2D eigenvalue weighted by atomic mass is 32.2. The molecule has 0 unspecified atom stereocenters. The highest BCUT2D eigenvalue weighted by Gasteiger charge is 2.16. The van der Waals surface area contributed by atoms with Crippen LogP contribution >= 0.6 is 0 Å². The molecule has 0 aliphatic rings. The molecule has 96 valence electrons. The number of alkyl halides is 2. The molecule has 17 heavy (non-hydrogen) atoms. The molecular formula is C10H14F2N2O2S. The lowest BCUT2D eigenvalue weighted by Gasteiger charge is -2.08. The molecule has 0 aliphatic carbocycles. The SMILES string of the molecule is CCc1ccc(S(=O)(=O)NCC(F)F)cc1N. The Morgan fingerprint density at radius 1 is 1.41 bits per heavy atom. The molecule has 3 N–H and O–H groups in total. The molecule has 0 saturated carbocycles. The van der Waals surface area contributed by atoms with Gasteiger partial charge in [0.1, 0.15) is 0 Å². The van der Waals surface area contributed by atoms with Crippen molar-refractivity contribution in [3.8, 4) is 0 Å². The minimum absolute atomic E-state index is 0.104. The number of nitrogens with one attached hydrogen (secondary N) is 1. The minimum atomic E-state index is -3.91. The van der Waals surface area contributed by atoms with E-state index < -0.39 is 23.0 Å². The average Bonchev–Trinajstić information content (AvgIpc) is 2.26. The van der Waals surface area contributed by atoms with Crippen LogP contribution in [0.1, 0.15) is 12.5 Å². The Labute approximate surface area is 98.9 Å². The predicted octanol–water partition coefficient (Wildman–Crippen LogP) is 1.37. The van der Waals surface area contributed by atoms with Crippen LogP contribution in [0.2, 0.25) is 0 Å². The second kappa shape index (κ2) is 5.42. The van der Waals surface area contributed by atoms with E-state index in [1.165, 1.54) is 12.1 Å². The van der Waals surface area contributed by atoms with Crippen LogP contribution in [0.25, 0.3) is 0 Å². The summed E-state index contributed by atoms with van der Waals surface area (Å²) in [6.07, 6.45) is -2.05. The number of nitrogen functional groups attached to an aromatic ring is 1. The maximum Gasteiger partial charge on any atom is 0.251 e. The van der Waals surface area contributed by atoms with Gasteiger partial charge in [0.2, 0.25) is 10.0 Å². The molecule has 0 saturated heterocycles. The van der Waals surface area contributed by atoms with Crippen molar-refractivity contribution in [1.29, 1.82) is 0 Å². The van der Waals surface area contributed by atoms with E-state index in [9.17, 15) is 17.2 Å². The Bertz CT molecular complexity index is 489. The van der Waals surface area contributed by atoms with Crippen molar-refractivity contribution < 1.29 is 17.2 Å². The maximum atomic E-state index is 11.9. The molecular weight excluding hydrogens is 250 g/mol. The second-order valence-corrected chi connectivity index (χ2v) is 5.22. The number of nitrogens with two attached hydrogens (primary N) is 1. The highest BCUT2D eigenvalue weighted by Crippen LogP contribution is 2.18. The summed E-state index contributed by atoms with van der Waals surface area (Å²) in [4.78, 5) is -0.104. The van der Waals surface area contributed by atoms with E-state index in [-0.39, 0.29) is 4.90 Å². The van der Waals surface area contributed by atoms with Gasteiger partial charge in [0, 0.05) is 5.69 Å². The third-order valence-electron chi connectivity index (χ3n) is 2.24. The van der Waals surface area contributed by atoms with Crippen LogP contribution in [-0.4, -0.2) is 21.4 Å². The molecule has 0 bridgehead atoms. The number of sulfonamides is 1. The number of anilines is 1. The molecule has 7 heteroatoms. The molecule has 1 aromatic rings. The molecule has 1 rings (SSSR count). The van der Waals surface area contributed by atoms with Gasteiger partial charge < -0.3 is 5.73 Å². The summed E-state index contributed by atoms with van der Waals surface area (Å²) in [7, 11) is -3.91. The first kappa shape index (κ1) is 13.9. The van der Waals surface area contributed by atoms with Crippen molar-refractivity contribution >= 4 is 15.7 Å². The van der Waals surface area contributed by atoms with Crippen LogP contribution in [0.4, 0.5) is 14.5 Å². The number of benzene rings is 1. The molecule has 0 amide bonds. The summed E-state index contributed by atoms with van der Waals surface area (Å²) in [5, 5.41) is 0. The quantitative estimate of drug-likeness (QED) is 0.789. The molecule has 0 radical (unpaired) electrons. The molecule has 0 atom stereocenters. The lowest BCUT2D eigenvalue weighted by atomic mass is 10.1. The lowest BCUT2D eigenvalue weighted by molar-refractivity contribution is 0.153. The zero-order chi connectivity index (χ0) is 13.1. The molecule has 4 nitrogen and oxygen atoms in total. The first-order valence-electron chi connectivity index (χ1n) is 5.03. The molecule has 0 spiro atoms. The number of halogens is 2. The van der Waals surface area contributed by atoms with Crippen molar-refractivity contribution in [2.75, 3.05) is 12.3 Å². The van der Waals surface area contributed by atoms with Gasteiger partial charge in [-0.05, 0) is 24.1 Å². The van der Waals surface area contributed by atoms with Gasteiger partial charge in [-0.15, -0.1) is 0 Å². The Morgan fingerprint density at radius 3 is 2.53 bits per heavy atom. The Kier molecular flexibility index (Phi) is 4.41. The van der Waals surface area contributed by atoms with E-state index in [1.807, 2.05) is 6.92 Å². The summed E-state index contributed by atoms with van der Waals surface area (Å²) in [6, 6.07) is 4.20. The van der Waals surface area contributed by atoms with E-state index in [0.29, 0.717) is 12.1 Å². The molecule has 0 aliphatic heterocycles. The molecule has 1 aromatic carbocycles. The van der Waals surface area contributed by atoms with E-state index in [0.717, 1.165) is 5.56 Å². The van der Waals surface area contributed by atoms with Crippen molar-refractivity contribution in [1.82, 2.24) is 4.72 Å². The first-order valence-corrected chi connectivity index (χ1v) is 6.51. The topological polar surface area (TPSA) is 72.2 Å². The smallest absolute Gasteiger partial charge is 0.251 e. The predicted molar refractivity (Wildman–Crippen MR) is 61.4 cm³/mol. The summed E-state index contributed by atoms with van der Waals surface area (Å²) in [5.74, 6) is 0. The van der Waals surface area contributed by atoms with Crippen molar-refractivity contribution in [2.24, 2.45) is 0 Å². The van der Waals surface area contributed by atoms with Gasteiger partial charge in [0.15, 0.2) is 0 Å². The number of aryl methyl sites for hydroxylation is 1. The monoisotopic (exact) mass is 264 g/mol. The number of hydrogen-bond donors (Lipinski definition) is 2. The van der Waals surface area contributed by atoms with Gasteiger partial charge in [0.25, 0.3) is 6.43 Å². The zero-order valence-corrected chi connectivity index (χ0v) is 10.1. The van der Waals surface area contributed by atoms with Crippen LogP contribution in [0.15, 0.2) is 23.1 Å². The zero-order valence-electron chi connectivity index (χ0n) is 9.28. The standard InChI is InChI=1S/C10H14F2N2O2S/c1-2-7-3-4-8(5-9(7)13)17(15,16)14-6-10(11)12/h3-5,10,14H,2,6,13H2,1H3. The van der Waals surface area contributed by atoms with Crippen LogP contribution in [-0.2, 0) is 16.4 Å². The van der Waals surface area contributed by atoms with Gasteiger partial charge in [0.05, 0.1) is 11.4 Å². The van der Waals surface area contributed by atoms with Crippen molar-refractivity contribution in [3.05, 3.63) is 23.8 Å². The van der Waals surface area contributed by atoms with Crippen molar-refractivity contribution in [2.45, 2.75) is 24.7 Å². The van der Waals surface area contributed by atoms with Gasteiger partial charge >= 0.3 is 0 Å². The normalized spacial score (nSPS) is 12.0. The maximum absolute atomic E-state index is 11.9. The van der Waals surface area contributed by atoms with Crippen LogP contribution in [0.5, 0.6) is 0 Å². The van der Waals surface area contributed by atoms with E-state index in [2.05, 4.69) is 0 Å². The van der Waals surface area contributed by atoms with Crippen LogP contribution in [0, 0.1) is 0 Å².